The van der Waals surface area contributed by atoms with Crippen molar-refractivity contribution in [3.8, 4) is 5.75 Å². The normalized spacial score (nSPS) is 10.4. The zero-order chi connectivity index (χ0) is 15.1. The summed E-state index contributed by atoms with van der Waals surface area (Å²) >= 11 is 0. The fourth-order valence-corrected chi connectivity index (χ4v) is 1.94. The van der Waals surface area contributed by atoms with E-state index in [2.05, 4.69) is 5.32 Å². The van der Waals surface area contributed by atoms with E-state index < -0.39 is 0 Å². The van der Waals surface area contributed by atoms with Gasteiger partial charge in [0.25, 0.3) is 0 Å². The minimum Gasteiger partial charge on any atom is -0.491 e. The Morgan fingerprint density at radius 2 is 1.81 bits per heavy atom. The third kappa shape index (κ3) is 4.76. The minimum atomic E-state index is -0.209. The van der Waals surface area contributed by atoms with Crippen molar-refractivity contribution in [1.29, 1.82) is 0 Å². The summed E-state index contributed by atoms with van der Waals surface area (Å²) in [7, 11) is 1.64. The molecule has 0 aliphatic rings. The Kier molecular flexibility index (Phi) is 5.58. The smallest absolute Gasteiger partial charge is 0.123 e. The van der Waals surface area contributed by atoms with Crippen LogP contribution < -0.4 is 10.1 Å². The van der Waals surface area contributed by atoms with Crippen LogP contribution in [0.5, 0.6) is 5.75 Å². The first-order chi connectivity index (χ1) is 10.2. The number of hydrogen-bond donors (Lipinski definition) is 1. The molecule has 0 aliphatic heterocycles. The van der Waals surface area contributed by atoms with Gasteiger partial charge in [0.15, 0.2) is 0 Å². The van der Waals surface area contributed by atoms with Crippen LogP contribution in [0.4, 0.5) is 10.1 Å². The van der Waals surface area contributed by atoms with Gasteiger partial charge in [-0.1, -0.05) is 6.07 Å². The summed E-state index contributed by atoms with van der Waals surface area (Å²) in [5, 5.41) is 3.28. The van der Waals surface area contributed by atoms with Crippen LogP contribution >= 0.6 is 0 Å². The largest absolute Gasteiger partial charge is 0.491 e. The van der Waals surface area contributed by atoms with Crippen molar-refractivity contribution < 1.29 is 13.9 Å². The molecule has 0 amide bonds. The Morgan fingerprint density at radius 1 is 1.05 bits per heavy atom. The van der Waals surface area contributed by atoms with Crippen molar-refractivity contribution in [2.45, 2.75) is 13.5 Å². The number of halogens is 1. The number of nitrogens with one attached hydrogen (secondary N) is 1. The molecule has 21 heavy (non-hydrogen) atoms. The second-order valence-corrected chi connectivity index (χ2v) is 4.79. The third-order valence-corrected chi connectivity index (χ3v) is 3.20. The van der Waals surface area contributed by atoms with E-state index in [0.717, 1.165) is 22.6 Å². The molecule has 3 nitrogen and oxygen atoms in total. The molecule has 0 bridgehead atoms. The molecular formula is C17H20FNO2. The molecular weight excluding hydrogens is 269 g/mol. The highest BCUT2D eigenvalue weighted by Gasteiger charge is 2.01. The fraction of sp³-hybridized carbons (Fsp3) is 0.294. The van der Waals surface area contributed by atoms with Crippen LogP contribution in [0.25, 0.3) is 0 Å². The van der Waals surface area contributed by atoms with Crippen LogP contribution in [-0.4, -0.2) is 20.3 Å². The average Bonchev–Trinajstić information content (AvgIpc) is 2.50. The molecule has 4 heteroatoms. The number of benzene rings is 2. The predicted molar refractivity (Wildman–Crippen MR) is 82.3 cm³/mol. The van der Waals surface area contributed by atoms with Gasteiger partial charge in [-0.05, 0) is 54.4 Å². The zero-order valence-corrected chi connectivity index (χ0v) is 12.4. The predicted octanol–water partition coefficient (Wildman–Crippen LogP) is 3.77. The fourth-order valence-electron chi connectivity index (χ4n) is 1.94. The maximum atomic E-state index is 13.2. The lowest BCUT2D eigenvalue weighted by atomic mass is 10.1. The molecule has 0 aromatic heterocycles. The van der Waals surface area contributed by atoms with Gasteiger partial charge in [-0.3, -0.25) is 0 Å². The second kappa shape index (κ2) is 7.64. The molecule has 112 valence electrons. The first kappa shape index (κ1) is 15.3. The van der Waals surface area contributed by atoms with Crippen molar-refractivity contribution >= 4 is 5.69 Å². The van der Waals surface area contributed by atoms with Crippen LogP contribution in [-0.2, 0) is 11.3 Å². The van der Waals surface area contributed by atoms with E-state index in [1.807, 2.05) is 31.2 Å². The summed E-state index contributed by atoms with van der Waals surface area (Å²) in [6, 6.07) is 12.5. The molecule has 1 N–H and O–H groups in total. The Bertz CT molecular complexity index is 570. The number of aryl methyl sites for hydroxylation is 1. The van der Waals surface area contributed by atoms with Gasteiger partial charge < -0.3 is 14.8 Å². The lowest BCUT2D eigenvalue weighted by molar-refractivity contribution is 0.146. The summed E-state index contributed by atoms with van der Waals surface area (Å²) in [5.41, 5.74) is 3.00. The standard InChI is InChI=1S/C17H20FNO2/c1-13-3-4-15(18)11-14(13)12-19-16-5-7-17(8-6-16)21-10-9-20-2/h3-8,11,19H,9-10,12H2,1-2H3. The molecule has 0 spiro atoms. The van der Waals surface area contributed by atoms with E-state index in [1.165, 1.54) is 6.07 Å². The molecule has 0 atom stereocenters. The van der Waals surface area contributed by atoms with Crippen LogP contribution in [0, 0.1) is 12.7 Å². The molecule has 0 heterocycles. The van der Waals surface area contributed by atoms with Crippen LogP contribution in [0.15, 0.2) is 42.5 Å². The summed E-state index contributed by atoms with van der Waals surface area (Å²) in [5.74, 6) is 0.596. The molecule has 0 radical (unpaired) electrons. The van der Waals surface area contributed by atoms with E-state index in [-0.39, 0.29) is 5.82 Å². The highest BCUT2D eigenvalue weighted by Crippen LogP contribution is 2.17. The van der Waals surface area contributed by atoms with Crippen molar-refractivity contribution in [3.63, 3.8) is 0 Å². The summed E-state index contributed by atoms with van der Waals surface area (Å²) in [4.78, 5) is 0. The Hall–Kier alpha value is -2.07. The lowest BCUT2D eigenvalue weighted by Gasteiger charge is -2.10. The van der Waals surface area contributed by atoms with Gasteiger partial charge in [0.2, 0.25) is 0 Å². The van der Waals surface area contributed by atoms with E-state index in [9.17, 15) is 4.39 Å². The van der Waals surface area contributed by atoms with Gasteiger partial charge in [0.1, 0.15) is 18.2 Å². The monoisotopic (exact) mass is 289 g/mol. The van der Waals surface area contributed by atoms with Gasteiger partial charge in [-0.2, -0.15) is 0 Å². The topological polar surface area (TPSA) is 30.5 Å². The van der Waals surface area contributed by atoms with Gasteiger partial charge in [-0.15, -0.1) is 0 Å². The second-order valence-electron chi connectivity index (χ2n) is 4.79. The summed E-state index contributed by atoms with van der Waals surface area (Å²) in [6.07, 6.45) is 0. The number of ether oxygens (including phenoxy) is 2. The first-order valence-corrected chi connectivity index (χ1v) is 6.90. The number of methoxy groups -OCH3 is 1. The van der Waals surface area contributed by atoms with Gasteiger partial charge in [-0.25, -0.2) is 4.39 Å². The summed E-state index contributed by atoms with van der Waals surface area (Å²) < 4.78 is 23.6. The molecule has 2 aromatic carbocycles. The first-order valence-electron chi connectivity index (χ1n) is 6.90. The van der Waals surface area contributed by atoms with E-state index >= 15 is 0 Å². The van der Waals surface area contributed by atoms with E-state index in [1.54, 1.807) is 19.2 Å². The molecule has 0 aliphatic carbocycles. The molecule has 0 fully saturated rings. The zero-order valence-electron chi connectivity index (χ0n) is 12.4. The highest BCUT2D eigenvalue weighted by molar-refractivity contribution is 5.47. The number of anilines is 1. The van der Waals surface area contributed by atoms with Crippen LogP contribution in [0.1, 0.15) is 11.1 Å². The summed E-state index contributed by atoms with van der Waals surface area (Å²) in [6.45, 7) is 3.67. The Balaban J connectivity index is 1.90. The van der Waals surface area contributed by atoms with Gasteiger partial charge in [0, 0.05) is 19.3 Å². The lowest BCUT2D eigenvalue weighted by Crippen LogP contribution is -2.04. The van der Waals surface area contributed by atoms with E-state index in [4.69, 9.17) is 9.47 Å². The molecule has 2 rings (SSSR count). The highest BCUT2D eigenvalue weighted by atomic mass is 19.1. The number of hydrogen-bond acceptors (Lipinski definition) is 3. The maximum Gasteiger partial charge on any atom is 0.123 e. The minimum absolute atomic E-state index is 0.209. The Labute approximate surface area is 124 Å². The molecule has 0 saturated carbocycles. The quantitative estimate of drug-likeness (QED) is 0.787. The van der Waals surface area contributed by atoms with Crippen molar-refractivity contribution in [3.05, 3.63) is 59.4 Å². The van der Waals surface area contributed by atoms with Gasteiger partial charge >= 0.3 is 0 Å². The average molecular weight is 289 g/mol. The van der Waals surface area contributed by atoms with Gasteiger partial charge in [0.05, 0.1) is 6.61 Å². The third-order valence-electron chi connectivity index (χ3n) is 3.20. The SMILES string of the molecule is COCCOc1ccc(NCc2cc(F)ccc2C)cc1. The van der Waals surface area contributed by atoms with Crippen molar-refractivity contribution in [2.75, 3.05) is 25.6 Å². The van der Waals surface area contributed by atoms with Crippen molar-refractivity contribution in [1.82, 2.24) is 0 Å². The van der Waals surface area contributed by atoms with Crippen molar-refractivity contribution in [2.24, 2.45) is 0 Å². The van der Waals surface area contributed by atoms with E-state index in [0.29, 0.717) is 19.8 Å². The maximum absolute atomic E-state index is 13.2. The van der Waals surface area contributed by atoms with Crippen LogP contribution in [0.3, 0.4) is 0 Å². The Morgan fingerprint density at radius 3 is 2.52 bits per heavy atom. The van der Waals surface area contributed by atoms with Crippen LogP contribution in [0.2, 0.25) is 0 Å². The molecule has 0 unspecified atom stereocenters. The molecule has 2 aromatic rings. The number of rotatable bonds is 7. The molecule has 0 saturated heterocycles.